The highest BCUT2D eigenvalue weighted by molar-refractivity contribution is 7.79. The van der Waals surface area contributed by atoms with E-state index in [9.17, 15) is 0 Å². The summed E-state index contributed by atoms with van der Waals surface area (Å²) in [7, 11) is 24.3. The van der Waals surface area contributed by atoms with E-state index in [0.717, 1.165) is 0 Å². The van der Waals surface area contributed by atoms with Gasteiger partial charge >= 0.3 is 7.51 Å². The van der Waals surface area contributed by atoms with Crippen molar-refractivity contribution >= 4 is 30.0 Å². The van der Waals surface area contributed by atoms with Crippen LogP contribution in [0.3, 0.4) is 0 Å². The average Bonchev–Trinajstić information content (AvgIpc) is 2.67. The lowest BCUT2D eigenvalue weighted by atomic mass is 11.2. The SMILES string of the molecule is C[NH+]=P(N=P(N)(N(C)C)N(C)C)(N=P(N(C)C)(N(C)C)N(C)C)N=P(N(C)C)(N(C)C)N(C)C. The molecule has 206 valence electrons. The molecule has 0 aromatic heterocycles. The second kappa shape index (κ2) is 12.9. The number of hydrogen-bond donors (Lipinski definition) is 2. The van der Waals surface area contributed by atoms with E-state index in [1.165, 1.54) is 0 Å². The van der Waals surface area contributed by atoms with Gasteiger partial charge in [-0.15, -0.1) is 13.5 Å². The van der Waals surface area contributed by atoms with Crippen LogP contribution in [0.2, 0.25) is 0 Å². The summed E-state index contributed by atoms with van der Waals surface area (Å²) in [6, 6.07) is 0. The maximum Gasteiger partial charge on any atom is 0.450 e. The molecule has 3 N–H and O–H groups in total. The highest BCUT2D eigenvalue weighted by Gasteiger charge is 2.42. The third-order valence-corrected chi connectivity index (χ3v) is 20.8. The van der Waals surface area contributed by atoms with Crippen molar-refractivity contribution in [2.75, 3.05) is 120 Å². The van der Waals surface area contributed by atoms with Crippen molar-refractivity contribution in [1.82, 2.24) is 37.4 Å². The van der Waals surface area contributed by atoms with E-state index in [1.54, 1.807) is 0 Å². The average molecular weight is 565 g/mol. The lowest BCUT2D eigenvalue weighted by molar-refractivity contribution is -0.398. The first-order valence-electron chi connectivity index (χ1n) is 10.9. The Morgan fingerprint density at radius 2 is 0.676 bits per heavy atom. The lowest BCUT2D eigenvalue weighted by Crippen LogP contribution is -2.59. The fourth-order valence-electron chi connectivity index (χ4n) is 3.85. The summed E-state index contributed by atoms with van der Waals surface area (Å²) in [5.74, 6) is 0. The molecule has 0 rings (SSSR count). The Hall–Kier alpha value is 0.560. The fourth-order valence-corrected chi connectivity index (χ4v) is 20.6. The first-order valence-corrected chi connectivity index (χ1v) is 17.5. The first-order chi connectivity index (χ1) is 15.2. The van der Waals surface area contributed by atoms with Crippen LogP contribution < -0.4 is 10.2 Å². The van der Waals surface area contributed by atoms with Crippen LogP contribution in [0.15, 0.2) is 13.5 Å². The van der Waals surface area contributed by atoms with Crippen molar-refractivity contribution in [2.24, 2.45) is 19.1 Å². The molecule has 17 heteroatoms. The normalized spacial score (nSPS) is 14.5. The maximum absolute atomic E-state index is 7.05. The molecule has 13 nitrogen and oxygen atoms in total. The molecule has 34 heavy (non-hydrogen) atoms. The molecule has 0 amide bonds. The zero-order chi connectivity index (χ0) is 27.4. The smallest absolute Gasteiger partial charge is 0.273 e. The number of hydrogen-bond acceptors (Lipinski definition) is 0. The van der Waals surface area contributed by atoms with Crippen molar-refractivity contribution in [2.45, 2.75) is 0 Å². The summed E-state index contributed by atoms with van der Waals surface area (Å²) in [6.07, 6.45) is 0. The van der Waals surface area contributed by atoms with Crippen LogP contribution in [-0.2, 0) is 0 Å². The second-order valence-corrected chi connectivity index (χ2v) is 23.0. The maximum atomic E-state index is 7.05. The van der Waals surface area contributed by atoms with Crippen LogP contribution in [0.1, 0.15) is 0 Å². The third kappa shape index (κ3) is 6.70. The summed E-state index contributed by atoms with van der Waals surface area (Å²) >= 11 is 0. The fraction of sp³-hybridized carbons (Fsp3) is 1.00. The first kappa shape index (κ1) is 34.6. The minimum Gasteiger partial charge on any atom is -0.273 e. The van der Waals surface area contributed by atoms with E-state index in [0.29, 0.717) is 0 Å². The van der Waals surface area contributed by atoms with Gasteiger partial charge in [0.05, 0.1) is 0 Å². The molecule has 0 saturated carbocycles. The van der Waals surface area contributed by atoms with Crippen LogP contribution in [0.5, 0.6) is 0 Å². The van der Waals surface area contributed by atoms with Gasteiger partial charge in [0.2, 0.25) is 0 Å². The standard InChI is InChI=1S/C17H53N13P4/c1-19-32(20-31(18,23(2)3)24(4)5,21-33(25(6)7,26(8)9)27(10)11)22-34(28(12)13,29(14)15)30(16)17/h18H2,1-17H3/p+1. The quantitative estimate of drug-likeness (QED) is 0.365. The Balaban J connectivity index is 8.53. The molecule has 0 aromatic rings. The van der Waals surface area contributed by atoms with E-state index < -0.39 is 30.0 Å². The predicted molar refractivity (Wildman–Crippen MR) is 156 cm³/mol. The molecule has 0 spiro atoms. The molecule has 0 radical (unpaired) electrons. The molecule has 0 saturated heterocycles. The third-order valence-electron chi connectivity index (χ3n) is 5.44. The molecule has 0 aliphatic rings. The van der Waals surface area contributed by atoms with Gasteiger partial charge in [0.15, 0.2) is 22.5 Å². The highest BCUT2D eigenvalue weighted by atomic mass is 31.3. The van der Waals surface area contributed by atoms with Crippen LogP contribution in [-0.4, -0.2) is 157 Å². The van der Waals surface area contributed by atoms with Crippen molar-refractivity contribution in [3.8, 4) is 0 Å². The van der Waals surface area contributed by atoms with Gasteiger partial charge in [0.1, 0.15) is 7.05 Å². The topological polar surface area (TPSA) is 103 Å². The number of nitrogens with zero attached hydrogens (tertiary/aromatic N) is 11. The summed E-state index contributed by atoms with van der Waals surface area (Å²) in [5, 5.41) is 0. The minimum atomic E-state index is -2.96. The molecule has 0 aliphatic carbocycles. The minimum absolute atomic E-state index is 1.91. The summed E-state index contributed by atoms with van der Waals surface area (Å²) in [4.78, 5) is 0. The van der Waals surface area contributed by atoms with E-state index in [4.69, 9.17) is 19.1 Å². The van der Waals surface area contributed by atoms with Gasteiger partial charge in [0, 0.05) is 0 Å². The van der Waals surface area contributed by atoms with Crippen molar-refractivity contribution in [1.29, 1.82) is 0 Å². The van der Waals surface area contributed by atoms with Crippen LogP contribution in [0.4, 0.5) is 0 Å². The zero-order valence-corrected chi connectivity index (χ0v) is 28.4. The van der Waals surface area contributed by atoms with E-state index >= 15 is 0 Å². The monoisotopic (exact) mass is 564 g/mol. The molecular weight excluding hydrogens is 510 g/mol. The highest BCUT2D eigenvalue weighted by Crippen LogP contribution is 2.73. The Labute approximate surface area is 211 Å². The number of rotatable bonds is 11. The Morgan fingerprint density at radius 3 is 0.824 bits per heavy atom. The van der Waals surface area contributed by atoms with Crippen LogP contribution >= 0.6 is 30.0 Å². The summed E-state index contributed by atoms with van der Waals surface area (Å²) in [5.41, 5.74) is 7.05. The molecule has 0 bridgehead atoms. The Morgan fingerprint density at radius 1 is 0.441 bits per heavy atom. The molecule has 0 atom stereocenters. The van der Waals surface area contributed by atoms with E-state index in [-0.39, 0.29) is 0 Å². The van der Waals surface area contributed by atoms with Crippen LogP contribution in [0, 0.1) is 0 Å². The van der Waals surface area contributed by atoms with E-state index in [2.05, 4.69) is 117 Å². The van der Waals surface area contributed by atoms with Gasteiger partial charge in [0.25, 0.3) is 0 Å². The molecule has 0 heterocycles. The molecule has 0 aliphatic heterocycles. The van der Waals surface area contributed by atoms with Gasteiger partial charge in [-0.2, -0.15) is 0 Å². The number of nitrogens with one attached hydrogen (secondary N) is 1. The second-order valence-electron chi connectivity index (χ2n) is 9.53. The lowest BCUT2D eigenvalue weighted by Gasteiger charge is -2.43. The number of nitrogens with two attached hydrogens (primary N) is 1. The van der Waals surface area contributed by atoms with Gasteiger partial charge in [-0.3, -0.25) is 42.9 Å². The van der Waals surface area contributed by atoms with Gasteiger partial charge < -0.3 is 0 Å². The van der Waals surface area contributed by atoms with E-state index in [1.807, 2.05) is 44.6 Å². The Kier molecular flexibility index (Phi) is 13.1. The summed E-state index contributed by atoms with van der Waals surface area (Å²) in [6.45, 7) is 0. The largest absolute Gasteiger partial charge is 0.450 e. The molecule has 0 fully saturated rings. The molecular formula is C17H54N13P4+. The van der Waals surface area contributed by atoms with Gasteiger partial charge in [-0.1, -0.05) is 0 Å². The van der Waals surface area contributed by atoms with Gasteiger partial charge in [-0.05, 0) is 113 Å². The molecule has 0 aromatic carbocycles. The predicted octanol–water partition coefficient (Wildman–Crippen LogP) is 1.93. The molecule has 0 unspecified atom stereocenters. The van der Waals surface area contributed by atoms with Crippen molar-refractivity contribution in [3.05, 3.63) is 0 Å². The summed E-state index contributed by atoms with van der Waals surface area (Å²) < 4.78 is 37.4. The van der Waals surface area contributed by atoms with Gasteiger partial charge in [-0.25, -0.2) is 4.74 Å². The van der Waals surface area contributed by atoms with Crippen molar-refractivity contribution in [3.63, 3.8) is 0 Å². The Bertz CT molecular complexity index is 771. The van der Waals surface area contributed by atoms with Crippen molar-refractivity contribution < 1.29 is 4.74 Å². The van der Waals surface area contributed by atoms with Crippen LogP contribution in [0.25, 0.3) is 0 Å². The zero-order valence-electron chi connectivity index (χ0n) is 24.8.